The molecule has 2 N–H and O–H groups in total. The molecule has 3 heterocycles. The number of nitrogens with one attached hydrogen (secondary N) is 2. The maximum atomic E-state index is 13.0. The van der Waals surface area contributed by atoms with Crippen molar-refractivity contribution in [3.63, 3.8) is 0 Å². The van der Waals surface area contributed by atoms with Crippen molar-refractivity contribution in [2.75, 3.05) is 4.90 Å². The summed E-state index contributed by atoms with van der Waals surface area (Å²) in [6.07, 6.45) is 1.76. The molecule has 0 spiro atoms. The maximum absolute atomic E-state index is 13.0. The number of anilines is 1. The normalized spacial score (nSPS) is 21.2. The molecule has 1 saturated heterocycles. The number of halogens is 1. The molecule has 4 rings (SSSR count). The molecule has 1 saturated carbocycles. The van der Waals surface area contributed by atoms with Gasteiger partial charge in [0.05, 0.1) is 12.6 Å². The highest BCUT2D eigenvalue weighted by Crippen LogP contribution is 2.41. The number of rotatable bonds is 3. The second-order valence-corrected chi connectivity index (χ2v) is 8.98. The van der Waals surface area contributed by atoms with E-state index in [1.807, 2.05) is 5.48 Å². The van der Waals surface area contributed by atoms with Gasteiger partial charge in [0.1, 0.15) is 16.6 Å². The van der Waals surface area contributed by atoms with E-state index in [0.29, 0.717) is 17.6 Å². The van der Waals surface area contributed by atoms with Gasteiger partial charge < -0.3 is 9.57 Å². The topological polar surface area (TPSA) is 144 Å². The van der Waals surface area contributed by atoms with Crippen molar-refractivity contribution in [3.8, 4) is 0 Å². The van der Waals surface area contributed by atoms with Crippen LogP contribution in [-0.4, -0.2) is 50.2 Å². The Morgan fingerprint density at radius 1 is 1.36 bits per heavy atom. The van der Waals surface area contributed by atoms with Gasteiger partial charge in [0.15, 0.2) is 5.65 Å². The van der Waals surface area contributed by atoms with Crippen LogP contribution in [0.4, 0.5) is 15.4 Å². The van der Waals surface area contributed by atoms with E-state index in [0.717, 1.165) is 0 Å². The summed E-state index contributed by atoms with van der Waals surface area (Å²) < 4.78 is 6.48. The first kappa shape index (κ1) is 22.5. The highest BCUT2D eigenvalue weighted by Gasteiger charge is 2.46. The third-order valence-electron chi connectivity index (χ3n) is 4.82. The van der Waals surface area contributed by atoms with Crippen molar-refractivity contribution in [2.45, 2.75) is 45.3 Å². The molecule has 174 valence electrons. The molecule has 2 atom stereocenters. The zero-order valence-electron chi connectivity index (χ0n) is 18.0. The van der Waals surface area contributed by atoms with Crippen LogP contribution in [0.3, 0.4) is 0 Å². The lowest BCUT2D eigenvalue weighted by atomic mass is 10.1. The second kappa shape index (κ2) is 8.35. The summed E-state index contributed by atoms with van der Waals surface area (Å²) in [6.45, 7) is 5.00. The fraction of sp³-hybridized carbons (Fsp3) is 0.400. The third kappa shape index (κ3) is 5.06. The van der Waals surface area contributed by atoms with Crippen LogP contribution in [0.1, 0.15) is 33.6 Å². The van der Waals surface area contributed by atoms with Crippen LogP contribution in [0, 0.1) is 5.92 Å². The van der Waals surface area contributed by atoms with Gasteiger partial charge in [0, 0.05) is 29.7 Å². The number of amides is 4. The van der Waals surface area contributed by atoms with E-state index in [2.05, 4.69) is 15.4 Å². The Kier molecular flexibility index (Phi) is 5.70. The van der Waals surface area contributed by atoms with Crippen LogP contribution in [0.25, 0.3) is 5.65 Å². The molecule has 33 heavy (non-hydrogen) atoms. The van der Waals surface area contributed by atoms with Crippen LogP contribution < -0.4 is 15.7 Å². The van der Waals surface area contributed by atoms with Crippen molar-refractivity contribution in [3.05, 3.63) is 35.1 Å². The predicted octanol–water partition coefficient (Wildman–Crippen LogP) is 2.13. The quantitative estimate of drug-likeness (QED) is 0.296. The van der Waals surface area contributed by atoms with Gasteiger partial charge >= 0.3 is 12.2 Å². The minimum Gasteiger partial charge on any atom is -0.442 e. The van der Waals surface area contributed by atoms with Crippen LogP contribution in [0.2, 0.25) is 5.15 Å². The van der Waals surface area contributed by atoms with E-state index in [1.54, 1.807) is 32.9 Å². The van der Waals surface area contributed by atoms with Crippen LogP contribution >= 0.6 is 11.6 Å². The lowest BCUT2D eigenvalue weighted by molar-refractivity contribution is -0.124. The number of aromatic nitrogens is 3. The Bertz CT molecular complexity index is 1190. The summed E-state index contributed by atoms with van der Waals surface area (Å²) in [5, 5.41) is 6.52. The summed E-state index contributed by atoms with van der Waals surface area (Å²) >= 11 is 6.14. The third-order valence-corrected chi connectivity index (χ3v) is 5.01. The largest absolute Gasteiger partial charge is 0.442 e. The van der Waals surface area contributed by atoms with Gasteiger partial charge in [-0.05, 0) is 27.2 Å². The molecule has 0 bridgehead atoms. The number of carbonyl (C=O) groups excluding carboxylic acids is 4. The number of hydrogen-bond acceptors (Lipinski definition) is 8. The van der Waals surface area contributed by atoms with Gasteiger partial charge in [0.25, 0.3) is 5.91 Å². The first-order valence-electron chi connectivity index (χ1n) is 10.1. The van der Waals surface area contributed by atoms with Crippen molar-refractivity contribution >= 4 is 47.1 Å². The minimum atomic E-state index is -0.941. The number of fused-ring (bicyclic) bond motifs is 1. The number of nitrogens with zero attached hydrogens (tertiary/aromatic N) is 4. The van der Waals surface area contributed by atoms with Crippen molar-refractivity contribution in [2.24, 2.45) is 5.92 Å². The van der Waals surface area contributed by atoms with Gasteiger partial charge in [-0.3, -0.25) is 19.8 Å². The Hall–Kier alpha value is -3.67. The van der Waals surface area contributed by atoms with E-state index in [9.17, 15) is 19.2 Å². The average Bonchev–Trinajstić information content (AvgIpc) is 3.11. The van der Waals surface area contributed by atoms with Gasteiger partial charge in [-0.15, -0.1) is 5.48 Å². The molecule has 12 nitrogen and oxygen atoms in total. The van der Waals surface area contributed by atoms with E-state index in [1.165, 1.54) is 21.7 Å². The molecule has 2 aliphatic rings. The number of carbonyl (C=O) groups is 4. The molecule has 1 aliphatic carbocycles. The molecule has 0 radical (unpaired) electrons. The summed E-state index contributed by atoms with van der Waals surface area (Å²) in [5.41, 5.74) is 1.92. The van der Waals surface area contributed by atoms with Crippen LogP contribution in [-0.2, 0) is 19.2 Å². The smallest absolute Gasteiger partial charge is 0.441 e. The molecule has 1 aliphatic heterocycles. The van der Waals surface area contributed by atoms with Crippen molar-refractivity contribution in [1.29, 1.82) is 0 Å². The molecule has 2 aromatic rings. The zero-order chi connectivity index (χ0) is 23.9. The summed E-state index contributed by atoms with van der Waals surface area (Å²) in [6, 6.07) is 2.60. The van der Waals surface area contributed by atoms with E-state index >= 15 is 0 Å². The highest BCUT2D eigenvalue weighted by molar-refractivity contribution is 6.29. The first-order valence-corrected chi connectivity index (χ1v) is 10.4. The lowest BCUT2D eigenvalue weighted by Gasteiger charge is -2.23. The standard InChI is InChI=1S/C20H21ClN6O6/c1-20(2,3)32-18(30)25-33-19(31)26(16-9-13(21)23-14-4-5-22-27(14)16)12-7-10(12)6-11-8-15(28)24-17(11)29/h4-6,9-10,12H,7-8H2,1-3H3,(H,25,30)(H,24,28,29). The average molecular weight is 477 g/mol. The van der Waals surface area contributed by atoms with E-state index in [-0.39, 0.29) is 29.2 Å². The maximum Gasteiger partial charge on any atom is 0.441 e. The molecular weight excluding hydrogens is 456 g/mol. The SMILES string of the molecule is CC(C)(C)OC(=O)NOC(=O)N(c1cc(Cl)nc2ccnn12)C1CC1C=C1CC(=O)NC1=O. The van der Waals surface area contributed by atoms with Gasteiger partial charge in [-0.2, -0.15) is 9.61 Å². The molecule has 13 heteroatoms. The minimum absolute atomic E-state index is 0.0167. The fourth-order valence-electron chi connectivity index (χ4n) is 3.44. The Morgan fingerprint density at radius 2 is 2.12 bits per heavy atom. The van der Waals surface area contributed by atoms with Crippen molar-refractivity contribution < 1.29 is 28.8 Å². The molecule has 2 aromatic heterocycles. The van der Waals surface area contributed by atoms with E-state index in [4.69, 9.17) is 21.2 Å². The molecule has 2 fully saturated rings. The predicted molar refractivity (Wildman–Crippen MR) is 114 cm³/mol. The monoisotopic (exact) mass is 476 g/mol. The molecule has 4 amide bonds. The van der Waals surface area contributed by atoms with E-state index < -0.39 is 29.7 Å². The molecule has 0 aromatic carbocycles. The lowest BCUT2D eigenvalue weighted by Crippen LogP contribution is -2.42. The zero-order valence-corrected chi connectivity index (χ0v) is 18.8. The number of ether oxygens (including phenoxy) is 1. The summed E-state index contributed by atoms with van der Waals surface area (Å²) in [5.74, 6) is -0.805. The Labute approximate surface area is 192 Å². The van der Waals surface area contributed by atoms with Crippen molar-refractivity contribution in [1.82, 2.24) is 25.4 Å². The first-order chi connectivity index (χ1) is 15.5. The number of imide groups is 1. The Balaban J connectivity index is 1.60. The van der Waals surface area contributed by atoms with Crippen LogP contribution in [0.5, 0.6) is 0 Å². The van der Waals surface area contributed by atoms with Gasteiger partial charge in [0.2, 0.25) is 5.91 Å². The fourth-order valence-corrected chi connectivity index (χ4v) is 3.63. The molecular formula is C20H21ClN6O6. The molecule has 2 unspecified atom stereocenters. The van der Waals surface area contributed by atoms with Gasteiger partial charge in [-0.25, -0.2) is 14.6 Å². The summed E-state index contributed by atoms with van der Waals surface area (Å²) in [4.78, 5) is 58.8. The van der Waals surface area contributed by atoms with Gasteiger partial charge in [-0.1, -0.05) is 17.7 Å². The number of hydrogen-bond donors (Lipinski definition) is 2. The van der Waals surface area contributed by atoms with Crippen LogP contribution in [0.15, 0.2) is 30.0 Å². The number of hydroxylamine groups is 1. The summed E-state index contributed by atoms with van der Waals surface area (Å²) in [7, 11) is 0. The Morgan fingerprint density at radius 3 is 2.79 bits per heavy atom. The highest BCUT2D eigenvalue weighted by atomic mass is 35.5. The second-order valence-electron chi connectivity index (χ2n) is 8.59.